The third-order valence-corrected chi connectivity index (χ3v) is 6.03. The highest BCUT2D eigenvalue weighted by atomic mass is 16.5. The van der Waals surface area contributed by atoms with Crippen molar-refractivity contribution in [3.05, 3.63) is 84.8 Å². The van der Waals surface area contributed by atoms with Crippen LogP contribution in [-0.4, -0.2) is 37.1 Å². The molecule has 0 bridgehead atoms. The first kappa shape index (κ1) is 20.9. The number of rotatable bonds is 6. The number of benzene rings is 3. The lowest BCUT2D eigenvalue weighted by atomic mass is 10.0. The summed E-state index contributed by atoms with van der Waals surface area (Å²) in [7, 11) is 3.57. The Morgan fingerprint density at radius 3 is 2.60 bits per heavy atom. The minimum absolute atomic E-state index is 0. The molecule has 174 valence electrons. The molecular weight excluding hydrogens is 440 g/mol. The van der Waals surface area contributed by atoms with Gasteiger partial charge in [0.05, 0.1) is 24.3 Å². The number of ether oxygens (including phenoxy) is 2. The standard InChI is InChI=1S/C27H22N6O2.H2/c1-33-22-14-28-21-13-23(34-2)24(35-15-17-7-4-3-5-8-17)12-20(21)25(22)26(32-33)18-9-6-10-19(11-18)27-29-16-30-31-27;/h3-14,16H,15H2,1-2H3,(H,29,30,31);1H. The fourth-order valence-corrected chi connectivity index (χ4v) is 4.31. The number of aryl methyl sites for hydroxylation is 1. The first-order valence-electron chi connectivity index (χ1n) is 11.2. The van der Waals surface area contributed by atoms with Crippen LogP contribution in [0.1, 0.15) is 6.99 Å². The summed E-state index contributed by atoms with van der Waals surface area (Å²) >= 11 is 0. The first-order chi connectivity index (χ1) is 17.2. The van der Waals surface area contributed by atoms with E-state index in [-0.39, 0.29) is 1.43 Å². The Morgan fingerprint density at radius 1 is 0.943 bits per heavy atom. The normalized spacial score (nSPS) is 11.3. The van der Waals surface area contributed by atoms with Gasteiger partial charge in [-0.1, -0.05) is 48.5 Å². The van der Waals surface area contributed by atoms with Crippen LogP contribution < -0.4 is 9.47 Å². The highest BCUT2D eigenvalue weighted by Crippen LogP contribution is 2.39. The molecule has 0 spiro atoms. The summed E-state index contributed by atoms with van der Waals surface area (Å²) in [5.74, 6) is 2.00. The quantitative estimate of drug-likeness (QED) is 0.355. The SMILES string of the molecule is COc1cc2ncc3c(c(-c4cccc(-c5ncn[nH]5)c4)nn3C)c2cc1OCc1ccccc1.[HH]. The van der Waals surface area contributed by atoms with E-state index in [4.69, 9.17) is 14.6 Å². The maximum absolute atomic E-state index is 6.19. The number of fused-ring (bicyclic) bond motifs is 3. The molecule has 0 aliphatic rings. The zero-order chi connectivity index (χ0) is 23.8. The van der Waals surface area contributed by atoms with Gasteiger partial charge >= 0.3 is 0 Å². The highest BCUT2D eigenvalue weighted by molar-refractivity contribution is 6.12. The van der Waals surface area contributed by atoms with E-state index >= 15 is 0 Å². The van der Waals surface area contributed by atoms with Gasteiger partial charge in [-0.2, -0.15) is 10.2 Å². The molecule has 0 aliphatic carbocycles. The zero-order valence-electron chi connectivity index (χ0n) is 19.3. The Morgan fingerprint density at radius 2 is 1.80 bits per heavy atom. The van der Waals surface area contributed by atoms with Gasteiger partial charge in [0.2, 0.25) is 0 Å². The molecule has 1 N–H and O–H groups in total. The summed E-state index contributed by atoms with van der Waals surface area (Å²) in [5.41, 5.74) is 5.58. The molecule has 0 saturated carbocycles. The summed E-state index contributed by atoms with van der Waals surface area (Å²) in [6.07, 6.45) is 3.35. The third-order valence-electron chi connectivity index (χ3n) is 6.03. The lowest BCUT2D eigenvalue weighted by molar-refractivity contribution is 0.285. The monoisotopic (exact) mass is 464 g/mol. The molecule has 0 aliphatic heterocycles. The van der Waals surface area contributed by atoms with Crippen molar-refractivity contribution in [1.29, 1.82) is 0 Å². The molecule has 35 heavy (non-hydrogen) atoms. The maximum Gasteiger partial charge on any atom is 0.162 e. The molecule has 6 aromatic rings. The summed E-state index contributed by atoms with van der Waals surface area (Å²) in [6, 6.07) is 22.1. The van der Waals surface area contributed by atoms with E-state index < -0.39 is 0 Å². The predicted molar refractivity (Wildman–Crippen MR) is 136 cm³/mol. The van der Waals surface area contributed by atoms with Crippen LogP contribution in [0, 0.1) is 0 Å². The number of H-pyrrole nitrogens is 1. The smallest absolute Gasteiger partial charge is 0.162 e. The van der Waals surface area contributed by atoms with Crippen molar-refractivity contribution in [3.63, 3.8) is 0 Å². The van der Waals surface area contributed by atoms with E-state index in [1.165, 1.54) is 6.33 Å². The van der Waals surface area contributed by atoms with Crippen molar-refractivity contribution >= 4 is 21.8 Å². The molecule has 8 heteroatoms. The molecule has 6 rings (SSSR count). The molecule has 0 unspecified atom stereocenters. The van der Waals surface area contributed by atoms with Crippen LogP contribution in [-0.2, 0) is 13.7 Å². The molecule has 0 radical (unpaired) electrons. The zero-order valence-corrected chi connectivity index (χ0v) is 19.3. The number of methoxy groups -OCH3 is 1. The Balaban J connectivity index is 0.00000267. The van der Waals surface area contributed by atoms with Crippen molar-refractivity contribution in [2.75, 3.05) is 7.11 Å². The number of pyridine rings is 1. The molecule has 0 saturated heterocycles. The first-order valence-corrected chi connectivity index (χ1v) is 11.2. The average molecular weight is 465 g/mol. The van der Waals surface area contributed by atoms with Crippen LogP contribution >= 0.6 is 0 Å². The van der Waals surface area contributed by atoms with Crippen molar-refractivity contribution < 1.29 is 10.9 Å². The van der Waals surface area contributed by atoms with E-state index in [9.17, 15) is 0 Å². The second kappa shape index (κ2) is 8.57. The van der Waals surface area contributed by atoms with Crippen LogP contribution in [0.15, 0.2) is 79.3 Å². The third kappa shape index (κ3) is 3.74. The van der Waals surface area contributed by atoms with Crippen molar-refractivity contribution in [2.45, 2.75) is 6.61 Å². The Hall–Kier alpha value is -4.72. The Labute approximate surface area is 202 Å². The summed E-state index contributed by atoms with van der Waals surface area (Å²) in [6.45, 7) is 0.436. The fourth-order valence-electron chi connectivity index (χ4n) is 4.31. The second-order valence-electron chi connectivity index (χ2n) is 8.20. The number of aromatic amines is 1. The molecule has 0 fully saturated rings. The lowest BCUT2D eigenvalue weighted by Crippen LogP contribution is -1.98. The van der Waals surface area contributed by atoms with E-state index in [1.54, 1.807) is 7.11 Å². The second-order valence-corrected chi connectivity index (χ2v) is 8.20. The van der Waals surface area contributed by atoms with Gasteiger partial charge in [-0.15, -0.1) is 0 Å². The van der Waals surface area contributed by atoms with E-state index in [1.807, 2.05) is 78.6 Å². The van der Waals surface area contributed by atoms with Crippen LogP contribution in [0.25, 0.3) is 44.5 Å². The molecule has 3 heterocycles. The molecule has 3 aromatic heterocycles. The van der Waals surface area contributed by atoms with Gasteiger partial charge in [0.25, 0.3) is 0 Å². The number of nitrogens with zero attached hydrogens (tertiary/aromatic N) is 5. The number of hydrogen-bond acceptors (Lipinski definition) is 6. The number of hydrogen-bond donors (Lipinski definition) is 1. The minimum atomic E-state index is 0. The molecule has 0 atom stereocenters. The average Bonchev–Trinajstić information content (AvgIpc) is 3.56. The van der Waals surface area contributed by atoms with Gasteiger partial charge in [0.15, 0.2) is 17.3 Å². The van der Waals surface area contributed by atoms with Gasteiger partial charge in [-0.3, -0.25) is 14.8 Å². The summed E-state index contributed by atoms with van der Waals surface area (Å²) < 4.78 is 13.7. The van der Waals surface area contributed by atoms with Crippen molar-refractivity contribution in [3.8, 4) is 34.1 Å². The predicted octanol–water partition coefficient (Wildman–Crippen LogP) is 5.41. The van der Waals surface area contributed by atoms with Gasteiger partial charge in [-0.05, 0) is 17.7 Å². The maximum atomic E-state index is 6.19. The van der Waals surface area contributed by atoms with Gasteiger partial charge in [0.1, 0.15) is 18.6 Å². The largest absolute Gasteiger partial charge is 0.493 e. The van der Waals surface area contributed by atoms with Crippen LogP contribution in [0.3, 0.4) is 0 Å². The molecular formula is C27H24N6O2. The fraction of sp³-hybridized carbons (Fsp3) is 0.111. The summed E-state index contributed by atoms with van der Waals surface area (Å²) in [4.78, 5) is 8.97. The number of aromatic nitrogens is 6. The van der Waals surface area contributed by atoms with Crippen LogP contribution in [0.2, 0.25) is 0 Å². The molecule has 8 nitrogen and oxygen atoms in total. The molecule has 3 aromatic carbocycles. The van der Waals surface area contributed by atoms with Gasteiger partial charge in [0, 0.05) is 36.4 Å². The lowest BCUT2D eigenvalue weighted by Gasteiger charge is -2.13. The Kier molecular flexibility index (Phi) is 5.11. The van der Waals surface area contributed by atoms with E-state index in [2.05, 4.69) is 26.2 Å². The van der Waals surface area contributed by atoms with Crippen molar-refractivity contribution in [2.24, 2.45) is 7.05 Å². The molecule has 0 amide bonds. The van der Waals surface area contributed by atoms with E-state index in [0.717, 1.165) is 44.2 Å². The van der Waals surface area contributed by atoms with Crippen LogP contribution in [0.5, 0.6) is 11.5 Å². The number of nitrogens with one attached hydrogen (secondary N) is 1. The minimum Gasteiger partial charge on any atom is -0.493 e. The van der Waals surface area contributed by atoms with Gasteiger partial charge in [-0.25, -0.2) is 4.98 Å². The summed E-state index contributed by atoms with van der Waals surface area (Å²) in [5, 5.41) is 13.7. The van der Waals surface area contributed by atoms with Crippen molar-refractivity contribution in [1.82, 2.24) is 29.9 Å². The highest BCUT2D eigenvalue weighted by Gasteiger charge is 2.18. The Bertz CT molecular complexity index is 1650. The topological polar surface area (TPSA) is 90.7 Å². The van der Waals surface area contributed by atoms with E-state index in [0.29, 0.717) is 23.9 Å². The van der Waals surface area contributed by atoms with Crippen LogP contribution in [0.4, 0.5) is 0 Å². The van der Waals surface area contributed by atoms with Gasteiger partial charge < -0.3 is 9.47 Å².